The van der Waals surface area contributed by atoms with Crippen molar-refractivity contribution in [3.63, 3.8) is 0 Å². The van der Waals surface area contributed by atoms with Gasteiger partial charge in [0.1, 0.15) is 29.1 Å². The lowest BCUT2D eigenvalue weighted by Crippen LogP contribution is -2.48. The van der Waals surface area contributed by atoms with Crippen molar-refractivity contribution in [3.8, 4) is 34.3 Å². The Morgan fingerprint density at radius 2 is 1.33 bits per heavy atom. The number of phenolic OH excluding ortho intramolecular Hbond substituents is 2. The Morgan fingerprint density at radius 3 is 1.98 bits per heavy atom. The van der Waals surface area contributed by atoms with Crippen LogP contribution < -0.4 is 10.2 Å². The summed E-state index contributed by atoms with van der Waals surface area (Å²) >= 11 is 6.18. The molecule has 5 aromatic carbocycles. The van der Waals surface area contributed by atoms with Crippen LogP contribution in [0.5, 0.6) is 11.5 Å². The van der Waals surface area contributed by atoms with E-state index >= 15 is 0 Å². The number of nitrogens with zero attached hydrogens (tertiary/aromatic N) is 5. The third-order valence-corrected chi connectivity index (χ3v) is 9.47. The Bertz CT molecular complexity index is 2440. The minimum Gasteiger partial charge on any atom is -0.507 e. The molecular formula is C43H39ClN6O4. The molecule has 3 heterocycles. The average Bonchev–Trinajstić information content (AvgIpc) is 3.17. The summed E-state index contributed by atoms with van der Waals surface area (Å²) in [5.74, 6) is 2.00. The molecule has 54 heavy (non-hydrogen) atoms. The Labute approximate surface area is 318 Å². The number of hydrogen-bond acceptors (Lipinski definition) is 9. The molecule has 1 aliphatic heterocycles. The van der Waals surface area contributed by atoms with Crippen LogP contribution in [0.2, 0.25) is 5.15 Å². The first kappa shape index (κ1) is 36.1. The first-order valence-electron chi connectivity index (χ1n) is 17.7. The average molecular weight is 739 g/mol. The molecule has 10 nitrogen and oxygen atoms in total. The van der Waals surface area contributed by atoms with Crippen LogP contribution in [0.1, 0.15) is 29.5 Å². The van der Waals surface area contributed by atoms with Gasteiger partial charge in [-0.1, -0.05) is 78.3 Å². The Balaban J connectivity index is 0.000000199. The molecule has 1 amide bonds. The van der Waals surface area contributed by atoms with Gasteiger partial charge in [-0.15, -0.1) is 0 Å². The van der Waals surface area contributed by atoms with Crippen LogP contribution >= 0.6 is 11.6 Å². The van der Waals surface area contributed by atoms with Crippen LogP contribution in [0.4, 0.5) is 10.6 Å². The molecule has 3 N–H and O–H groups in total. The fourth-order valence-electron chi connectivity index (χ4n) is 6.45. The van der Waals surface area contributed by atoms with Gasteiger partial charge in [0.05, 0.1) is 22.2 Å². The molecule has 0 saturated carbocycles. The molecule has 1 aliphatic rings. The largest absolute Gasteiger partial charge is 0.507 e. The summed E-state index contributed by atoms with van der Waals surface area (Å²) in [4.78, 5) is 33.0. The predicted octanol–water partition coefficient (Wildman–Crippen LogP) is 9.17. The number of halogens is 1. The number of aryl methyl sites for hydroxylation is 2. The lowest BCUT2D eigenvalue weighted by molar-refractivity contribution is 0.134. The third-order valence-electron chi connectivity index (χ3n) is 9.18. The van der Waals surface area contributed by atoms with Gasteiger partial charge in [-0.25, -0.2) is 24.7 Å². The van der Waals surface area contributed by atoms with Crippen molar-refractivity contribution in [2.45, 2.75) is 39.3 Å². The molecule has 272 valence electrons. The number of carbonyl (C=O) groups is 1. The number of amides is 1. The fourth-order valence-corrected chi connectivity index (χ4v) is 6.69. The normalized spacial score (nSPS) is 14.0. The van der Waals surface area contributed by atoms with E-state index in [0.29, 0.717) is 34.5 Å². The lowest BCUT2D eigenvalue weighted by Gasteiger charge is -2.34. The molecule has 7 aromatic rings. The number of ether oxygens (including phenoxy) is 1. The zero-order valence-corrected chi connectivity index (χ0v) is 30.7. The second kappa shape index (κ2) is 16.2. The molecular weight excluding hydrogens is 700 g/mol. The van der Waals surface area contributed by atoms with Crippen LogP contribution in [0.25, 0.3) is 44.6 Å². The van der Waals surface area contributed by atoms with Gasteiger partial charge < -0.3 is 25.2 Å². The number of hydrogen-bond donors (Lipinski definition) is 3. The second-order valence-electron chi connectivity index (χ2n) is 13.3. The fraction of sp³-hybridized carbons (Fsp3) is 0.186. The first-order chi connectivity index (χ1) is 26.2. The van der Waals surface area contributed by atoms with E-state index in [1.165, 1.54) is 0 Å². The number of benzene rings is 5. The summed E-state index contributed by atoms with van der Waals surface area (Å²) in [5.41, 5.74) is 5.92. The SMILES string of the molecule is Cc1ccc2c(Cl)nc(-c3ccccc3O)nc2c1.Cc1ccc2c(N3CCC[C@H](NC(=O)OCc4ccccc4)C3)nc(-c3ccccc3O)nc2c1. The van der Waals surface area contributed by atoms with Gasteiger partial charge in [-0.3, -0.25) is 0 Å². The molecule has 1 fully saturated rings. The topological polar surface area (TPSA) is 134 Å². The van der Waals surface area contributed by atoms with Crippen LogP contribution in [0.3, 0.4) is 0 Å². The minimum absolute atomic E-state index is 0.0592. The molecule has 0 bridgehead atoms. The molecule has 8 rings (SSSR count). The van der Waals surface area contributed by atoms with Gasteiger partial charge in [-0.05, 0) is 91.9 Å². The van der Waals surface area contributed by atoms with Gasteiger partial charge in [0.2, 0.25) is 0 Å². The van der Waals surface area contributed by atoms with Crippen LogP contribution in [-0.4, -0.2) is 55.4 Å². The Morgan fingerprint density at radius 1 is 0.759 bits per heavy atom. The summed E-state index contributed by atoms with van der Waals surface area (Å²) < 4.78 is 5.42. The van der Waals surface area contributed by atoms with Crippen LogP contribution in [0, 0.1) is 13.8 Å². The number of para-hydroxylation sites is 2. The van der Waals surface area contributed by atoms with E-state index in [1.807, 2.05) is 92.7 Å². The van der Waals surface area contributed by atoms with E-state index in [1.54, 1.807) is 30.3 Å². The minimum atomic E-state index is -0.418. The zero-order valence-electron chi connectivity index (χ0n) is 29.9. The molecule has 0 radical (unpaired) electrons. The van der Waals surface area contributed by atoms with Crippen molar-refractivity contribution < 1.29 is 19.7 Å². The maximum Gasteiger partial charge on any atom is 0.407 e. The molecule has 0 aliphatic carbocycles. The number of fused-ring (bicyclic) bond motifs is 2. The van der Waals surface area contributed by atoms with Crippen LogP contribution in [-0.2, 0) is 11.3 Å². The summed E-state index contributed by atoms with van der Waals surface area (Å²) in [6.07, 6.45) is 1.36. The number of alkyl carbamates (subject to hydrolysis) is 1. The van der Waals surface area contributed by atoms with Crippen molar-refractivity contribution in [1.29, 1.82) is 0 Å². The summed E-state index contributed by atoms with van der Waals surface area (Å²) in [7, 11) is 0. The van der Waals surface area contributed by atoms with Gasteiger partial charge >= 0.3 is 6.09 Å². The lowest BCUT2D eigenvalue weighted by atomic mass is 10.0. The molecule has 0 spiro atoms. The van der Waals surface area contributed by atoms with Gasteiger partial charge in [-0.2, -0.15) is 0 Å². The van der Waals surface area contributed by atoms with E-state index in [4.69, 9.17) is 26.3 Å². The van der Waals surface area contributed by atoms with Gasteiger partial charge in [0.15, 0.2) is 11.6 Å². The highest BCUT2D eigenvalue weighted by Gasteiger charge is 2.25. The third kappa shape index (κ3) is 8.35. The molecule has 0 unspecified atom stereocenters. The molecule has 1 saturated heterocycles. The quantitative estimate of drug-likeness (QED) is 0.143. The number of anilines is 1. The highest BCUT2D eigenvalue weighted by atomic mass is 35.5. The number of phenols is 2. The summed E-state index contributed by atoms with van der Waals surface area (Å²) in [5, 5.41) is 25.4. The van der Waals surface area contributed by atoms with Crippen molar-refractivity contribution in [1.82, 2.24) is 25.3 Å². The number of rotatable bonds is 6. The number of nitrogens with one attached hydrogen (secondary N) is 1. The molecule has 1 atom stereocenters. The second-order valence-corrected chi connectivity index (χ2v) is 13.6. The highest BCUT2D eigenvalue weighted by molar-refractivity contribution is 6.34. The highest BCUT2D eigenvalue weighted by Crippen LogP contribution is 2.33. The monoisotopic (exact) mass is 738 g/mol. The maximum atomic E-state index is 12.4. The molecule has 11 heteroatoms. The van der Waals surface area contributed by atoms with E-state index in [-0.39, 0.29) is 24.1 Å². The van der Waals surface area contributed by atoms with Crippen molar-refractivity contribution in [2.24, 2.45) is 0 Å². The van der Waals surface area contributed by atoms with Gasteiger partial charge in [0, 0.05) is 29.9 Å². The number of aromatic hydroxyl groups is 2. The van der Waals surface area contributed by atoms with Crippen LogP contribution in [0.15, 0.2) is 115 Å². The summed E-state index contributed by atoms with van der Waals surface area (Å²) in [6, 6.07) is 35.6. The smallest absolute Gasteiger partial charge is 0.407 e. The van der Waals surface area contributed by atoms with E-state index in [2.05, 4.69) is 26.3 Å². The van der Waals surface area contributed by atoms with Gasteiger partial charge in [0.25, 0.3) is 0 Å². The first-order valence-corrected chi connectivity index (χ1v) is 18.1. The predicted molar refractivity (Wildman–Crippen MR) is 213 cm³/mol. The Hall–Kier alpha value is -6.26. The number of carbonyl (C=O) groups excluding carboxylic acids is 1. The van der Waals surface area contributed by atoms with Crippen molar-refractivity contribution >= 4 is 45.3 Å². The number of piperidine rings is 1. The van der Waals surface area contributed by atoms with E-state index in [0.717, 1.165) is 63.7 Å². The molecule has 2 aromatic heterocycles. The Kier molecular flexibility index (Phi) is 10.8. The maximum absolute atomic E-state index is 12.4. The standard InChI is InChI=1S/C28H28N4O3.C15H11ClN2O/c1-19-13-14-22-24(16-19)30-26(23-11-5-6-12-25(23)33)31-27(22)32-15-7-10-21(17-32)29-28(34)35-18-20-8-3-2-4-9-20;1-9-6-7-10-12(8-9)17-15(18-14(10)16)11-4-2-3-5-13(11)19/h2-6,8-9,11-14,16,21,33H,7,10,15,17-18H2,1H3,(H,29,34);2-8,19H,1H3/t21-;/m0./s1. The van der Waals surface area contributed by atoms with Crippen molar-refractivity contribution in [2.75, 3.05) is 18.0 Å². The zero-order chi connectivity index (χ0) is 37.6. The van der Waals surface area contributed by atoms with E-state index < -0.39 is 6.09 Å². The van der Waals surface area contributed by atoms with E-state index in [9.17, 15) is 15.0 Å². The summed E-state index contributed by atoms with van der Waals surface area (Å²) in [6.45, 7) is 5.69. The van der Waals surface area contributed by atoms with Crippen molar-refractivity contribution in [3.05, 3.63) is 137 Å². The number of aromatic nitrogens is 4.